The summed E-state index contributed by atoms with van der Waals surface area (Å²) >= 11 is 0. The molecule has 44 heavy (non-hydrogen) atoms. The molecule has 3 aromatic rings. The molecule has 0 aromatic carbocycles. The average Bonchev–Trinajstić information content (AvgIpc) is 3.59. The molecule has 230 valence electrons. The van der Waals surface area contributed by atoms with E-state index < -0.39 is 18.0 Å². The Morgan fingerprint density at radius 3 is 2.18 bits per heavy atom. The normalized spacial score (nSPS) is 19.0. The zero-order chi connectivity index (χ0) is 31.2. The summed E-state index contributed by atoms with van der Waals surface area (Å²) in [5.74, 6) is -1.80. The Balaban J connectivity index is 0.00000442. The summed E-state index contributed by atoms with van der Waals surface area (Å²) in [6, 6.07) is -0.304. The minimum absolute atomic E-state index is 0. The van der Waals surface area contributed by atoms with Gasteiger partial charge in [-0.2, -0.15) is 5.69 Å². The molecule has 0 saturated heterocycles. The van der Waals surface area contributed by atoms with Crippen LogP contribution >= 0.6 is 0 Å². The number of aliphatic hydroxyl groups is 1. The van der Waals surface area contributed by atoms with E-state index in [1.54, 1.807) is 13.0 Å². The summed E-state index contributed by atoms with van der Waals surface area (Å²) < 4.78 is 0. The van der Waals surface area contributed by atoms with Gasteiger partial charge in [0.15, 0.2) is 0 Å². The molecule has 0 amide bonds. The molecule has 0 unspecified atom stereocenters. The van der Waals surface area contributed by atoms with Crippen molar-refractivity contribution in [1.29, 1.82) is 0 Å². The van der Waals surface area contributed by atoms with Gasteiger partial charge >= 0.3 is 29.0 Å². The fourth-order valence-corrected chi connectivity index (χ4v) is 6.24. The van der Waals surface area contributed by atoms with Crippen LogP contribution in [-0.2, 0) is 39.5 Å². The molecule has 0 fully saturated rings. The van der Waals surface area contributed by atoms with Crippen molar-refractivity contribution < 1.29 is 42.0 Å². The van der Waals surface area contributed by atoms with Crippen molar-refractivity contribution in [2.45, 2.75) is 78.9 Å². The second kappa shape index (κ2) is 12.9. The van der Waals surface area contributed by atoms with Crippen molar-refractivity contribution in [3.63, 3.8) is 0 Å². The van der Waals surface area contributed by atoms with E-state index in [2.05, 4.69) is 6.58 Å². The van der Waals surface area contributed by atoms with Gasteiger partial charge in [-0.05, 0) is 58.6 Å². The molecule has 3 N–H and O–H groups in total. The van der Waals surface area contributed by atoms with Gasteiger partial charge in [-0.1, -0.05) is 76.7 Å². The first kappa shape index (κ1) is 32.9. The summed E-state index contributed by atoms with van der Waals surface area (Å²) in [5.41, 5.74) is 10.3. The molecule has 2 aliphatic heterocycles. The van der Waals surface area contributed by atoms with E-state index in [1.807, 2.05) is 45.9 Å². The van der Waals surface area contributed by atoms with Gasteiger partial charge in [0, 0.05) is 12.8 Å². The van der Waals surface area contributed by atoms with Crippen molar-refractivity contribution in [2.75, 3.05) is 0 Å². The van der Waals surface area contributed by atoms with Gasteiger partial charge < -0.3 is 35.6 Å². The molecule has 3 aromatic heterocycles. The minimum Gasteiger partial charge on any atom is -0.678 e. The number of hydrogen-bond donors (Lipinski definition) is 3. The fraction of sp³-hybridized carbons (Fsp3) is 0.353. The number of carboxylic acid groups (broad SMARTS) is 2. The number of aliphatic hydroxyl groups excluding tert-OH is 1. The number of allylic oxidation sites excluding steroid dienone is 1. The molecule has 5 heterocycles. The first-order valence-electron chi connectivity index (χ1n) is 14.4. The van der Waals surface area contributed by atoms with E-state index >= 15 is 0 Å². The zero-order valence-corrected chi connectivity index (χ0v) is 26.6. The Morgan fingerprint density at radius 1 is 0.909 bits per heavy atom. The molecule has 5 rings (SSSR count). The maximum absolute atomic E-state index is 11.5. The number of aliphatic carboxylic acids is 2. The van der Waals surface area contributed by atoms with Gasteiger partial charge in [-0.15, -0.1) is 33.5 Å². The Bertz CT molecular complexity index is 1830. The Labute approximate surface area is 267 Å². The van der Waals surface area contributed by atoms with E-state index in [4.69, 9.17) is 20.3 Å². The molecular formula is C34H36FeN4O5. The molecule has 0 aliphatic carbocycles. The fourth-order valence-electron chi connectivity index (χ4n) is 6.24. The van der Waals surface area contributed by atoms with Crippen molar-refractivity contribution in [2.24, 2.45) is 0 Å². The molecular weight excluding hydrogens is 600 g/mol. The van der Waals surface area contributed by atoms with Crippen LogP contribution in [0.5, 0.6) is 0 Å². The predicted octanol–water partition coefficient (Wildman–Crippen LogP) is 3.69. The number of hydrogen-bond acceptors (Lipinski definition) is 3. The van der Waals surface area contributed by atoms with Crippen LogP contribution in [0, 0.1) is 20.8 Å². The standard InChI is InChI=1S/C34H36N4O5.Fe/c1-7-21-16(2)24-12-25-17(3)22(8-10-32(40)41)29(36-25)15-30-23(9-11-33(42)43)18(4)26(37-30)14-31-34(20(6)39)19(5)27(38-31)13-28(21)35-24;/h7,12-13,15,20,26,39H,1,8-11,14H2,2-6H3,(H,40,41)(H,42,43);/q-4;+4/b24-12-,28-13+,30-15-;/t20-,26-;/m1./s1. The average molecular weight is 637 g/mol. The number of aromatic nitrogens is 3. The number of carboxylic acids is 2. The van der Waals surface area contributed by atoms with Crippen LogP contribution in [0.2, 0.25) is 0 Å². The summed E-state index contributed by atoms with van der Waals surface area (Å²) in [5, 5.41) is 36.2. The van der Waals surface area contributed by atoms with E-state index in [0.29, 0.717) is 47.4 Å². The molecule has 0 saturated carbocycles. The summed E-state index contributed by atoms with van der Waals surface area (Å²) in [6.45, 7) is 13.6. The van der Waals surface area contributed by atoms with E-state index in [1.165, 1.54) is 0 Å². The maximum atomic E-state index is 11.5. The number of fused-ring (bicyclic) bond motifs is 8. The van der Waals surface area contributed by atoms with Crippen molar-refractivity contribution in [3.05, 3.63) is 95.6 Å². The molecule has 2 atom stereocenters. The number of carbonyl (C=O) groups is 2. The van der Waals surface area contributed by atoms with Crippen molar-refractivity contribution in [1.82, 2.24) is 15.0 Å². The van der Waals surface area contributed by atoms with Gasteiger partial charge in [0.25, 0.3) is 0 Å². The number of rotatable bonds is 8. The third-order valence-electron chi connectivity index (χ3n) is 8.63. The molecule has 2 aliphatic rings. The van der Waals surface area contributed by atoms with Crippen LogP contribution in [0.4, 0.5) is 0 Å². The maximum Gasteiger partial charge on any atom is 4.00 e. The molecule has 0 radical (unpaired) electrons. The second-order valence-corrected chi connectivity index (χ2v) is 11.4. The smallest absolute Gasteiger partial charge is 0.678 e. The minimum atomic E-state index is -0.901. The third-order valence-corrected chi connectivity index (χ3v) is 8.63. The molecule has 9 nitrogen and oxygen atoms in total. The Kier molecular flexibility index (Phi) is 9.68. The SMILES string of the molecule is C=Cc1c(C)/c2[n-]/c1=C/c1[n-]c(c([C@@H](C)O)c1C)C[C@H]1[N-]/C(=C\c3[n-]c(c(C)c3CCC(=O)O)\C=2)C(CCC(=O)O)=C1C.[Fe+4]. The van der Waals surface area contributed by atoms with Gasteiger partial charge in [-0.25, -0.2) is 0 Å². The van der Waals surface area contributed by atoms with Crippen LogP contribution in [0.25, 0.3) is 29.6 Å². The monoisotopic (exact) mass is 636 g/mol. The van der Waals surface area contributed by atoms with Gasteiger partial charge in [0.05, 0.1) is 6.10 Å². The van der Waals surface area contributed by atoms with Crippen LogP contribution in [-0.4, -0.2) is 33.3 Å². The first-order chi connectivity index (χ1) is 20.4. The topological polar surface area (TPSA) is 151 Å². The van der Waals surface area contributed by atoms with Crippen LogP contribution < -0.4 is 25.7 Å². The van der Waals surface area contributed by atoms with Crippen LogP contribution in [0.1, 0.15) is 95.4 Å². The number of nitrogens with zero attached hydrogens (tertiary/aromatic N) is 4. The second-order valence-electron chi connectivity index (χ2n) is 11.4. The van der Waals surface area contributed by atoms with E-state index in [0.717, 1.165) is 55.6 Å². The summed E-state index contributed by atoms with van der Waals surface area (Å²) in [6.07, 6.45) is 7.64. The summed E-state index contributed by atoms with van der Waals surface area (Å²) in [7, 11) is 0. The molecule has 8 bridgehead atoms. The van der Waals surface area contributed by atoms with Crippen molar-refractivity contribution in [3.8, 4) is 0 Å². The largest absolute Gasteiger partial charge is 4.00 e. The third kappa shape index (κ3) is 6.15. The quantitative estimate of drug-likeness (QED) is 0.317. The predicted molar refractivity (Wildman–Crippen MR) is 165 cm³/mol. The van der Waals surface area contributed by atoms with Crippen LogP contribution in [0.3, 0.4) is 0 Å². The zero-order valence-electron chi connectivity index (χ0n) is 25.5. The van der Waals surface area contributed by atoms with Crippen LogP contribution in [0.15, 0.2) is 23.4 Å². The molecule has 0 spiro atoms. The Morgan fingerprint density at radius 2 is 1.55 bits per heavy atom. The Hall–Kier alpha value is -3.98. The van der Waals surface area contributed by atoms with Gasteiger partial charge in [0.2, 0.25) is 0 Å². The van der Waals surface area contributed by atoms with Gasteiger partial charge in [-0.3, -0.25) is 9.59 Å². The molecule has 10 heteroatoms. The summed E-state index contributed by atoms with van der Waals surface area (Å²) in [4.78, 5) is 37.9. The van der Waals surface area contributed by atoms with Gasteiger partial charge in [0.1, 0.15) is 0 Å². The van der Waals surface area contributed by atoms with E-state index in [-0.39, 0.29) is 36.0 Å². The van der Waals surface area contributed by atoms with E-state index in [9.17, 15) is 24.9 Å². The first-order valence-corrected chi connectivity index (χ1v) is 14.4. The van der Waals surface area contributed by atoms with Crippen molar-refractivity contribution >= 4 is 36.2 Å².